The molecule has 1 nitrogen and oxygen atoms in total. The predicted octanol–water partition coefficient (Wildman–Crippen LogP) is 0.805. The minimum Gasteiger partial charge on any atom is -0.330 e. The monoisotopic (exact) mass is 86.1 g/mol. The molecule has 0 aliphatic rings. The average molecular weight is 86.2 g/mol. The summed E-state index contributed by atoms with van der Waals surface area (Å²) >= 11 is 0. The van der Waals surface area contributed by atoms with Crippen molar-refractivity contribution < 1.29 is 0 Å². The molecule has 0 spiro atoms. The Hall–Kier alpha value is -0.0400. The lowest BCUT2D eigenvalue weighted by Crippen LogP contribution is -2.09. The lowest BCUT2D eigenvalue weighted by molar-refractivity contribution is 0.687. The van der Waals surface area contributed by atoms with Gasteiger partial charge in [0.15, 0.2) is 0 Å². The van der Waals surface area contributed by atoms with Crippen LogP contribution in [0.3, 0.4) is 0 Å². The van der Waals surface area contributed by atoms with E-state index in [-0.39, 0.29) is 0 Å². The van der Waals surface area contributed by atoms with Gasteiger partial charge in [0, 0.05) is 0 Å². The number of hydrogen-bond acceptors (Lipinski definition) is 1. The summed E-state index contributed by atoms with van der Waals surface area (Å²) in [4.78, 5) is 0. The molecule has 1 unspecified atom stereocenters. The fourth-order valence-electron chi connectivity index (χ4n) is 0.136. The fourth-order valence-corrected chi connectivity index (χ4v) is 0.136. The van der Waals surface area contributed by atoms with Gasteiger partial charge >= 0.3 is 0 Å². The summed E-state index contributed by atoms with van der Waals surface area (Å²) in [6.07, 6.45) is 2.10. The molecule has 1 atom stereocenters. The summed E-state index contributed by atoms with van der Waals surface area (Å²) in [7, 11) is 0. The van der Waals surface area contributed by atoms with Gasteiger partial charge in [0.05, 0.1) is 0 Å². The molecule has 0 aliphatic heterocycles. The highest BCUT2D eigenvalue weighted by Crippen LogP contribution is 1.92. The van der Waals surface area contributed by atoms with Crippen LogP contribution in [-0.4, -0.2) is 6.54 Å². The molecule has 2 N–H and O–H groups in total. The second-order valence-corrected chi connectivity index (χ2v) is 1.55. The van der Waals surface area contributed by atoms with Crippen molar-refractivity contribution >= 4 is 0 Å². The average Bonchev–Trinajstić information content (AvgIpc) is 1.65. The molecular weight excluding hydrogens is 74.1 g/mol. The van der Waals surface area contributed by atoms with Crippen molar-refractivity contribution in [2.45, 2.75) is 13.8 Å². The summed E-state index contributed by atoms with van der Waals surface area (Å²) in [6.45, 7) is 4.90. The van der Waals surface area contributed by atoms with E-state index in [1.165, 1.54) is 0 Å². The molecule has 0 aromatic carbocycles. The second-order valence-electron chi connectivity index (χ2n) is 1.55. The molecule has 0 aliphatic carbocycles. The smallest absolute Gasteiger partial charge is 0.00489 e. The van der Waals surface area contributed by atoms with Crippen molar-refractivity contribution in [3.8, 4) is 0 Å². The lowest BCUT2D eigenvalue weighted by Gasteiger charge is -1.98. The van der Waals surface area contributed by atoms with E-state index in [2.05, 4.69) is 13.3 Å². The maximum atomic E-state index is 5.25. The Morgan fingerprint density at radius 2 is 2.33 bits per heavy atom. The highest BCUT2D eigenvalue weighted by molar-refractivity contribution is 4.65. The first kappa shape index (κ1) is 5.96. The first-order valence-corrected chi connectivity index (χ1v) is 2.30. The molecule has 0 heterocycles. The number of nitrogens with two attached hydrogens (primary N) is 1. The normalized spacial score (nSPS) is 14.5. The first-order chi connectivity index (χ1) is 2.81. The summed E-state index contributed by atoms with van der Waals surface area (Å²) in [5.41, 5.74) is 5.25. The fraction of sp³-hybridized carbons (Fsp3) is 0.800. The van der Waals surface area contributed by atoms with Crippen molar-refractivity contribution in [1.82, 2.24) is 0 Å². The van der Waals surface area contributed by atoms with Gasteiger partial charge < -0.3 is 5.73 Å². The Labute approximate surface area is 39.5 Å². The quantitative estimate of drug-likeness (QED) is 0.528. The van der Waals surface area contributed by atoms with Gasteiger partial charge in [0.25, 0.3) is 0 Å². The van der Waals surface area contributed by atoms with Crippen LogP contribution in [0.4, 0.5) is 0 Å². The number of hydrogen-bond donors (Lipinski definition) is 1. The second kappa shape index (κ2) is 3.16. The van der Waals surface area contributed by atoms with Crippen LogP contribution in [0.15, 0.2) is 0 Å². The minimum absolute atomic E-state index is 0.588. The molecule has 6 heavy (non-hydrogen) atoms. The van der Waals surface area contributed by atoms with Crippen LogP contribution in [0.2, 0.25) is 0 Å². The molecule has 0 aromatic rings. The predicted molar refractivity (Wildman–Crippen MR) is 28.2 cm³/mol. The van der Waals surface area contributed by atoms with Gasteiger partial charge in [-0.3, -0.25) is 0 Å². The van der Waals surface area contributed by atoms with Crippen LogP contribution in [0, 0.1) is 12.3 Å². The van der Waals surface area contributed by atoms with Gasteiger partial charge in [-0.25, -0.2) is 0 Å². The molecule has 0 rings (SSSR count). The third-order valence-corrected chi connectivity index (χ3v) is 0.941. The van der Waals surface area contributed by atoms with Crippen LogP contribution in [-0.2, 0) is 0 Å². The third-order valence-electron chi connectivity index (χ3n) is 0.941. The van der Waals surface area contributed by atoms with E-state index in [9.17, 15) is 0 Å². The van der Waals surface area contributed by atoms with Crippen molar-refractivity contribution in [3.05, 3.63) is 6.42 Å². The Morgan fingerprint density at radius 1 is 1.83 bits per heavy atom. The molecular formula is C5H12N. The zero-order chi connectivity index (χ0) is 4.99. The van der Waals surface area contributed by atoms with E-state index in [0.717, 1.165) is 6.54 Å². The minimum atomic E-state index is 0.588. The molecule has 0 saturated carbocycles. The highest BCUT2D eigenvalue weighted by Gasteiger charge is 1.89. The molecule has 1 radical (unpaired) electrons. The van der Waals surface area contributed by atoms with Gasteiger partial charge in [-0.05, 0) is 18.9 Å². The molecule has 0 aromatic heterocycles. The molecule has 1 heteroatoms. The summed E-state index contributed by atoms with van der Waals surface area (Å²) in [6, 6.07) is 0. The SMILES string of the molecule is C[CH]C(C)CN. The zero-order valence-corrected chi connectivity index (χ0v) is 4.44. The zero-order valence-electron chi connectivity index (χ0n) is 4.44. The standard InChI is InChI=1S/C5H12N/c1-3-5(2)4-6/h3,5H,4,6H2,1-2H3. The van der Waals surface area contributed by atoms with E-state index >= 15 is 0 Å². The third kappa shape index (κ3) is 2.21. The summed E-state index contributed by atoms with van der Waals surface area (Å²) in [5, 5.41) is 0. The molecule has 0 amide bonds. The van der Waals surface area contributed by atoms with Crippen LogP contribution in [0.25, 0.3) is 0 Å². The van der Waals surface area contributed by atoms with Crippen molar-refractivity contribution in [2.75, 3.05) is 6.54 Å². The highest BCUT2D eigenvalue weighted by atomic mass is 14.5. The van der Waals surface area contributed by atoms with Gasteiger partial charge in [0.1, 0.15) is 0 Å². The van der Waals surface area contributed by atoms with Crippen molar-refractivity contribution in [2.24, 2.45) is 11.7 Å². The summed E-state index contributed by atoms with van der Waals surface area (Å²) < 4.78 is 0. The van der Waals surface area contributed by atoms with Crippen LogP contribution in [0.1, 0.15) is 13.8 Å². The van der Waals surface area contributed by atoms with E-state index in [1.807, 2.05) is 6.92 Å². The maximum Gasteiger partial charge on any atom is -0.00489 e. The van der Waals surface area contributed by atoms with Crippen LogP contribution >= 0.6 is 0 Å². The van der Waals surface area contributed by atoms with Gasteiger partial charge in [0.2, 0.25) is 0 Å². The topological polar surface area (TPSA) is 26.0 Å². The van der Waals surface area contributed by atoms with Gasteiger partial charge in [-0.2, -0.15) is 0 Å². The van der Waals surface area contributed by atoms with E-state index in [1.54, 1.807) is 0 Å². The molecule has 0 bridgehead atoms. The van der Waals surface area contributed by atoms with Gasteiger partial charge in [-0.15, -0.1) is 0 Å². The van der Waals surface area contributed by atoms with E-state index < -0.39 is 0 Å². The Kier molecular flexibility index (Phi) is 3.14. The Balaban J connectivity index is 2.75. The van der Waals surface area contributed by atoms with E-state index in [4.69, 9.17) is 5.73 Å². The molecule has 37 valence electrons. The Bertz CT molecular complexity index is 23.1. The van der Waals surface area contributed by atoms with Gasteiger partial charge in [-0.1, -0.05) is 13.8 Å². The number of rotatable bonds is 2. The largest absolute Gasteiger partial charge is 0.330 e. The van der Waals surface area contributed by atoms with E-state index in [0.29, 0.717) is 5.92 Å². The Morgan fingerprint density at radius 3 is 2.33 bits per heavy atom. The van der Waals surface area contributed by atoms with Crippen LogP contribution in [0.5, 0.6) is 0 Å². The lowest BCUT2D eigenvalue weighted by atomic mass is 10.1. The maximum absolute atomic E-state index is 5.25. The first-order valence-electron chi connectivity index (χ1n) is 2.30. The molecule has 0 fully saturated rings. The van der Waals surface area contributed by atoms with Crippen molar-refractivity contribution in [3.63, 3.8) is 0 Å². The van der Waals surface area contributed by atoms with Crippen LogP contribution < -0.4 is 5.73 Å². The summed E-state index contributed by atoms with van der Waals surface area (Å²) in [5.74, 6) is 0.588. The molecule has 0 saturated heterocycles. The van der Waals surface area contributed by atoms with Crippen molar-refractivity contribution in [1.29, 1.82) is 0 Å².